The quantitative estimate of drug-likeness (QED) is 0.00977. The van der Waals surface area contributed by atoms with Gasteiger partial charge in [-0.3, -0.25) is 73.1 Å². The molecular weight excluding hydrogens is 1460 g/mol. The van der Waals surface area contributed by atoms with Gasteiger partial charge in [0.05, 0.1) is 31.6 Å². The van der Waals surface area contributed by atoms with E-state index in [0.717, 1.165) is 0 Å². The lowest BCUT2D eigenvalue weighted by Gasteiger charge is -2.28. The molecule has 3 aromatic heterocycles. The molecule has 43 nitrogen and oxygen atoms in total. The number of aromatic amines is 3. The Labute approximate surface area is 642 Å². The highest BCUT2D eigenvalue weighted by molar-refractivity contribution is 5.99. The van der Waals surface area contributed by atoms with Crippen molar-refractivity contribution in [2.24, 2.45) is 34.4 Å². The number of amides is 13. The number of unbranched alkanes of at least 4 members (excludes halogenated alkanes) is 1. The lowest BCUT2D eigenvalue weighted by Crippen LogP contribution is -2.60. The van der Waals surface area contributed by atoms with Crippen molar-refractivity contribution in [1.29, 1.82) is 10.8 Å². The Hall–Kier alpha value is -13.1. The summed E-state index contributed by atoms with van der Waals surface area (Å²) in [6, 6.07) is -2.62. The summed E-state index contributed by atoms with van der Waals surface area (Å²) >= 11 is 0. The number of phenols is 1. The predicted octanol–water partition coefficient (Wildman–Crippen LogP) is -7.34. The van der Waals surface area contributed by atoms with E-state index < -0.39 is 181 Å². The summed E-state index contributed by atoms with van der Waals surface area (Å²) in [5.41, 5.74) is 35.4. The van der Waals surface area contributed by atoms with E-state index in [1.807, 2.05) is 0 Å². The number of primary amides is 2. The number of carboxylic acid groups (broad SMARTS) is 1. The van der Waals surface area contributed by atoms with Gasteiger partial charge in [0.2, 0.25) is 76.8 Å². The first kappa shape index (κ1) is 89.5. The van der Waals surface area contributed by atoms with Crippen LogP contribution in [0.4, 0.5) is 0 Å². The Morgan fingerprint density at radius 2 is 0.750 bits per heavy atom. The molecule has 0 bridgehead atoms. The summed E-state index contributed by atoms with van der Waals surface area (Å²) in [5.74, 6) is -14.7. The average Bonchev–Trinajstić information content (AvgIpc) is 1.11. The Morgan fingerprint density at radius 1 is 0.411 bits per heavy atom. The number of benzene rings is 2. The Bertz CT molecular complexity index is 3940. The molecule has 5 aromatic rings. The van der Waals surface area contributed by atoms with Crippen LogP contribution >= 0.6 is 0 Å². The number of nitrogens with two attached hydrogens (primary N) is 6. The number of hydrogen-bond acceptors (Lipinski definition) is 22. The molecule has 2 aromatic carbocycles. The molecule has 11 atom stereocenters. The van der Waals surface area contributed by atoms with Crippen LogP contribution in [0.3, 0.4) is 0 Å². The van der Waals surface area contributed by atoms with Crippen molar-refractivity contribution in [1.82, 2.24) is 99.0 Å². The van der Waals surface area contributed by atoms with Crippen LogP contribution in [-0.2, 0) is 99.2 Å². The summed E-state index contributed by atoms with van der Waals surface area (Å²) in [5, 5.41) is 68.8. The molecule has 112 heavy (non-hydrogen) atoms. The fourth-order valence-electron chi connectivity index (χ4n) is 11.1. The molecule has 13 amide bonds. The number of hydrogen-bond donors (Lipinski definition) is 26. The highest BCUT2D eigenvalue weighted by atomic mass is 16.4. The second-order valence-electron chi connectivity index (χ2n) is 26.2. The van der Waals surface area contributed by atoms with E-state index in [1.165, 1.54) is 68.8 Å². The van der Waals surface area contributed by atoms with Crippen molar-refractivity contribution in [3.8, 4) is 5.75 Å². The number of carbonyl (C=O) groups excluding carboxylic acids is 13. The number of aromatic hydroxyl groups is 1. The normalized spacial score (nSPS) is 13.9. The van der Waals surface area contributed by atoms with Gasteiger partial charge in [0.25, 0.3) is 0 Å². The van der Waals surface area contributed by atoms with Crippen LogP contribution in [0.25, 0.3) is 0 Å². The third-order valence-electron chi connectivity index (χ3n) is 17.0. The number of rotatable bonds is 51. The van der Waals surface area contributed by atoms with Gasteiger partial charge in [0.1, 0.15) is 66.2 Å². The molecule has 608 valence electrons. The summed E-state index contributed by atoms with van der Waals surface area (Å²) in [6.07, 6.45) is 5.13. The van der Waals surface area contributed by atoms with Crippen molar-refractivity contribution >= 4 is 94.7 Å². The van der Waals surface area contributed by atoms with Gasteiger partial charge in [-0.05, 0) is 94.5 Å². The molecule has 32 N–H and O–H groups in total. The molecule has 3 heterocycles. The van der Waals surface area contributed by atoms with Gasteiger partial charge < -0.3 is 129 Å². The highest BCUT2D eigenvalue weighted by Gasteiger charge is 2.37. The van der Waals surface area contributed by atoms with Crippen LogP contribution in [0, 0.1) is 10.8 Å². The van der Waals surface area contributed by atoms with Crippen LogP contribution in [-0.4, -0.2) is 227 Å². The Morgan fingerprint density at radius 3 is 1.12 bits per heavy atom. The molecule has 43 heteroatoms. The van der Waals surface area contributed by atoms with E-state index in [1.54, 1.807) is 30.3 Å². The maximum Gasteiger partial charge on any atom is 0.326 e. The smallest absolute Gasteiger partial charge is 0.326 e. The lowest BCUT2D eigenvalue weighted by atomic mass is 10.0. The van der Waals surface area contributed by atoms with Crippen LogP contribution in [0.1, 0.15) is 106 Å². The number of aliphatic carboxylic acids is 1. The van der Waals surface area contributed by atoms with Crippen LogP contribution < -0.4 is 104 Å². The first-order valence-electron chi connectivity index (χ1n) is 35.8. The number of carbonyl (C=O) groups is 14. The van der Waals surface area contributed by atoms with E-state index in [4.69, 9.17) is 45.2 Å². The molecule has 0 aliphatic carbocycles. The first-order valence-corrected chi connectivity index (χ1v) is 35.8. The van der Waals surface area contributed by atoms with Crippen molar-refractivity contribution in [3.63, 3.8) is 0 Å². The molecule has 0 saturated carbocycles. The van der Waals surface area contributed by atoms with E-state index >= 15 is 0 Å². The van der Waals surface area contributed by atoms with Crippen molar-refractivity contribution in [2.45, 2.75) is 176 Å². The zero-order chi connectivity index (χ0) is 82.2. The number of nitrogens with zero attached hydrogens (tertiary/aromatic N) is 3. The van der Waals surface area contributed by atoms with Crippen LogP contribution in [0.2, 0.25) is 0 Å². The molecule has 0 spiro atoms. The standard InChI is InChI=1S/C69H101N27O16/c1-37(71)57(101)88-47(18-20-54(72)98)62(106)90-46(13-8-24-82-69(76)77)61(105)95-52(28-41-31-79-35-85-41)66(110)94-51(27-40-30-78-34-84-40)58(102)83-33-56(100)87-49(26-39-14-16-43(97)17-15-39)64(108)91-44(11-5-6-22-70)59(103)89-45(12-7-23-81-68(74)75)60(104)92-48(19-21-55(73)99)63(107)93-50(25-38-9-3-2-4-10-38)65(109)96-53(67(111)112)29-42-32-80-36-86-42/h2-4,9-10,14-17,30-32,34-37,44-53,97H,5-8,11-13,18-29,33,70-71H2,1H3,(H2,72,98)(H2,73,99)(H,78,84)(H,79,85)(H,80,86)(H,83,102)(H,87,100)(H,88,101)(H,89,103)(H,90,106)(H,91,108)(H,92,104)(H,93,107)(H,94,110)(H,95,105)(H,96,109)(H,111,112)(H4,74,75,81)(H4,76,77,82)/t37-,44-,45-,46-,47-,48-,49-,50-,51-,52-,53-/m0/s1. The zero-order valence-corrected chi connectivity index (χ0v) is 61.6. The molecule has 0 aliphatic heterocycles. The number of guanidine groups is 2. The number of H-pyrrole nitrogens is 3. The van der Waals surface area contributed by atoms with E-state index in [0.29, 0.717) is 34.6 Å². The second kappa shape index (κ2) is 47.0. The molecule has 0 fully saturated rings. The number of aromatic nitrogens is 6. The SMILES string of the molecule is C[C@H](N)C(=O)N[C@@H](CCC(N)=O)C(=O)N[C@@H](CCCNC(=N)N)C(=O)N[C@@H](Cc1cnc[nH]1)C(=O)N[C@@H](Cc1cnc[nH]1)C(=O)NCC(=O)N[C@@H](Cc1ccc(O)cc1)C(=O)N[C@@H](CCCCN)C(=O)N[C@@H](CCCNC(=N)N)C(=O)N[C@@H](CCC(N)=O)C(=O)N[C@@H](Cc1ccccc1)C(=O)N[C@@H](Cc1cnc[nH]1)C(=O)O. The largest absolute Gasteiger partial charge is 0.508 e. The topological polar surface area (TPSA) is 726 Å². The van der Waals surface area contributed by atoms with Gasteiger partial charge in [-0.25, -0.2) is 19.7 Å². The fourth-order valence-corrected chi connectivity index (χ4v) is 11.1. The van der Waals surface area contributed by atoms with Crippen molar-refractivity contribution < 1.29 is 77.3 Å². The molecule has 0 unspecified atom stereocenters. The number of imidazole rings is 3. The molecule has 5 rings (SSSR count). The van der Waals surface area contributed by atoms with Gasteiger partial charge >= 0.3 is 5.97 Å². The van der Waals surface area contributed by atoms with Gasteiger partial charge in [0, 0.05) is 93.7 Å². The minimum atomic E-state index is -1.66. The molecule has 0 radical (unpaired) electrons. The van der Waals surface area contributed by atoms with Gasteiger partial charge in [-0.1, -0.05) is 42.5 Å². The predicted molar refractivity (Wildman–Crippen MR) is 400 cm³/mol. The van der Waals surface area contributed by atoms with Crippen LogP contribution in [0.15, 0.2) is 92.2 Å². The highest BCUT2D eigenvalue weighted by Crippen LogP contribution is 2.15. The maximum absolute atomic E-state index is 14.8. The maximum atomic E-state index is 14.8. The summed E-state index contributed by atoms with van der Waals surface area (Å²) in [4.78, 5) is 214. The van der Waals surface area contributed by atoms with Crippen molar-refractivity contribution in [3.05, 3.63) is 120 Å². The van der Waals surface area contributed by atoms with Crippen LogP contribution in [0.5, 0.6) is 5.75 Å². The molecular formula is C69H101N27O16. The van der Waals surface area contributed by atoms with Gasteiger partial charge in [0.15, 0.2) is 11.9 Å². The fraction of sp³-hybridized carbons (Fsp3) is 0.464. The third kappa shape index (κ3) is 33.2. The van der Waals surface area contributed by atoms with E-state index in [9.17, 15) is 77.3 Å². The van der Waals surface area contributed by atoms with Gasteiger partial charge in [-0.15, -0.1) is 0 Å². The third-order valence-corrected chi connectivity index (χ3v) is 17.0. The van der Waals surface area contributed by atoms with E-state index in [-0.39, 0.29) is 109 Å². The molecule has 0 saturated heterocycles. The minimum absolute atomic E-state index is 0.0171. The number of nitrogens with one attached hydrogen (secondary N) is 18. The lowest BCUT2D eigenvalue weighted by molar-refractivity contribution is -0.142. The molecule has 0 aliphatic rings. The number of carboxylic acids is 1. The first-order chi connectivity index (χ1) is 53.4. The summed E-state index contributed by atoms with van der Waals surface area (Å²) < 4.78 is 0. The Balaban J connectivity index is 1.40. The number of phenolic OH excluding ortho intramolecular Hbond substituents is 1. The second-order valence-corrected chi connectivity index (χ2v) is 26.2. The average molecular weight is 1560 g/mol. The minimum Gasteiger partial charge on any atom is -0.508 e. The summed E-state index contributed by atoms with van der Waals surface area (Å²) in [6.45, 7) is 0.632. The summed E-state index contributed by atoms with van der Waals surface area (Å²) in [7, 11) is 0. The zero-order valence-electron chi connectivity index (χ0n) is 61.6. The van der Waals surface area contributed by atoms with Crippen molar-refractivity contribution in [2.75, 3.05) is 26.2 Å². The van der Waals surface area contributed by atoms with E-state index in [2.05, 4.69) is 99.0 Å². The Kier molecular flexibility index (Phi) is 37.6. The van der Waals surface area contributed by atoms with Gasteiger partial charge in [-0.2, -0.15) is 0 Å². The monoisotopic (exact) mass is 1560 g/mol.